The van der Waals surface area contributed by atoms with Gasteiger partial charge in [0.15, 0.2) is 0 Å². The van der Waals surface area contributed by atoms with Crippen molar-refractivity contribution >= 4 is 16.9 Å². The van der Waals surface area contributed by atoms with Crippen LogP contribution in [0.3, 0.4) is 0 Å². The maximum absolute atomic E-state index is 11.6. The molecule has 0 unspecified atom stereocenters. The van der Waals surface area contributed by atoms with E-state index in [0.29, 0.717) is 13.0 Å². The molecule has 1 aromatic heterocycles. The zero-order valence-corrected chi connectivity index (χ0v) is 22.5. The number of carbonyl (C=O) groups is 1. The van der Waals surface area contributed by atoms with E-state index in [4.69, 9.17) is 4.74 Å². The van der Waals surface area contributed by atoms with Gasteiger partial charge < -0.3 is 19.5 Å². The van der Waals surface area contributed by atoms with Crippen molar-refractivity contribution in [2.75, 3.05) is 6.61 Å². The van der Waals surface area contributed by atoms with E-state index in [0.717, 1.165) is 44.7 Å². The van der Waals surface area contributed by atoms with Crippen LogP contribution >= 0.6 is 0 Å². The van der Waals surface area contributed by atoms with Crippen molar-refractivity contribution in [1.82, 2.24) is 4.57 Å². The van der Waals surface area contributed by atoms with Gasteiger partial charge in [0, 0.05) is 29.0 Å². The Balaban J connectivity index is 1.83. The monoisotopic (exact) mass is 519 g/mol. The van der Waals surface area contributed by atoms with E-state index < -0.39 is 11.4 Å². The van der Waals surface area contributed by atoms with E-state index in [1.54, 1.807) is 12.1 Å². The van der Waals surface area contributed by atoms with Gasteiger partial charge in [0.05, 0.1) is 16.5 Å². The van der Waals surface area contributed by atoms with Crippen molar-refractivity contribution < 1.29 is 19.7 Å². The lowest BCUT2D eigenvalue weighted by atomic mass is 9.81. The number of carboxylic acids is 1. The molecule has 0 aliphatic rings. The Morgan fingerprint density at radius 2 is 1.56 bits per heavy atom. The van der Waals surface area contributed by atoms with Crippen LogP contribution < -0.4 is 4.74 Å². The number of benzene rings is 4. The van der Waals surface area contributed by atoms with Crippen LogP contribution in [-0.2, 0) is 12.0 Å². The number of ether oxygens (including phenoxy) is 1. The van der Waals surface area contributed by atoms with Crippen LogP contribution in [-0.4, -0.2) is 27.4 Å². The van der Waals surface area contributed by atoms with Gasteiger partial charge in [-0.05, 0) is 60.9 Å². The summed E-state index contributed by atoms with van der Waals surface area (Å²) in [5, 5.41) is 20.5. The second kappa shape index (κ2) is 10.8. The molecule has 0 saturated carbocycles. The van der Waals surface area contributed by atoms with Gasteiger partial charge in [-0.3, -0.25) is 0 Å². The van der Waals surface area contributed by atoms with E-state index >= 15 is 0 Å². The van der Waals surface area contributed by atoms with Gasteiger partial charge in [0.2, 0.25) is 0 Å². The third-order valence-corrected chi connectivity index (χ3v) is 7.28. The standard InChI is InChI=1S/C34H33NO4/c1-23-12-18-27(19-13-23)35-28-10-7-11-29(39-22-24-8-5-4-6-9-24)31(28)30(32(35)34(2,3)20-21-36)25-14-16-26(17-15-25)33(37)38/h4-19,36H,20-22H2,1-3H3,(H,37,38). The number of aliphatic hydroxyl groups excluding tert-OH is 1. The van der Waals surface area contributed by atoms with Crippen LogP contribution in [0.25, 0.3) is 27.7 Å². The number of aromatic nitrogens is 1. The predicted octanol–water partition coefficient (Wildman–Crippen LogP) is 7.54. The molecule has 0 atom stereocenters. The highest BCUT2D eigenvalue weighted by Gasteiger charge is 2.32. The Morgan fingerprint density at radius 3 is 2.21 bits per heavy atom. The first-order chi connectivity index (χ1) is 18.8. The molecule has 5 aromatic rings. The molecule has 4 aromatic carbocycles. The second-order valence-electron chi connectivity index (χ2n) is 10.6. The van der Waals surface area contributed by atoms with Gasteiger partial charge >= 0.3 is 5.97 Å². The predicted molar refractivity (Wildman–Crippen MR) is 156 cm³/mol. The molecular formula is C34H33NO4. The highest BCUT2D eigenvalue weighted by molar-refractivity contribution is 6.04. The van der Waals surface area contributed by atoms with Crippen LogP contribution in [0.2, 0.25) is 0 Å². The fraction of sp³-hybridized carbons (Fsp3) is 0.206. The summed E-state index contributed by atoms with van der Waals surface area (Å²) in [7, 11) is 0. The topological polar surface area (TPSA) is 71.7 Å². The number of aliphatic hydroxyl groups is 1. The molecule has 0 saturated heterocycles. The maximum atomic E-state index is 11.6. The molecule has 0 aliphatic carbocycles. The number of hydrogen-bond donors (Lipinski definition) is 2. The lowest BCUT2D eigenvalue weighted by molar-refractivity contribution is 0.0697. The van der Waals surface area contributed by atoms with Crippen LogP contribution in [0.15, 0.2) is 97.1 Å². The van der Waals surface area contributed by atoms with Gasteiger partial charge in [-0.25, -0.2) is 4.79 Å². The number of hydrogen-bond acceptors (Lipinski definition) is 3. The van der Waals surface area contributed by atoms with Crippen molar-refractivity contribution in [3.8, 4) is 22.6 Å². The van der Waals surface area contributed by atoms with Crippen LogP contribution in [0.4, 0.5) is 0 Å². The van der Waals surface area contributed by atoms with Crippen molar-refractivity contribution in [3.63, 3.8) is 0 Å². The minimum Gasteiger partial charge on any atom is -0.488 e. The molecule has 198 valence electrons. The van der Waals surface area contributed by atoms with Gasteiger partial charge in [0.1, 0.15) is 12.4 Å². The Bertz CT molecular complexity index is 1600. The summed E-state index contributed by atoms with van der Waals surface area (Å²) in [6.07, 6.45) is 0.551. The first-order valence-electron chi connectivity index (χ1n) is 13.2. The van der Waals surface area contributed by atoms with Crippen LogP contribution in [0.5, 0.6) is 5.75 Å². The number of carboxylic acid groups (broad SMARTS) is 1. The van der Waals surface area contributed by atoms with Gasteiger partial charge in [-0.15, -0.1) is 0 Å². The third kappa shape index (κ3) is 5.18. The zero-order chi connectivity index (χ0) is 27.6. The third-order valence-electron chi connectivity index (χ3n) is 7.28. The quantitative estimate of drug-likeness (QED) is 0.211. The van der Waals surface area contributed by atoms with Crippen LogP contribution in [0.1, 0.15) is 47.4 Å². The molecular weight excluding hydrogens is 486 g/mol. The number of rotatable bonds is 9. The van der Waals surface area contributed by atoms with Crippen LogP contribution in [0, 0.1) is 6.92 Å². The van der Waals surface area contributed by atoms with Gasteiger partial charge in [0.25, 0.3) is 0 Å². The lowest BCUT2D eigenvalue weighted by Crippen LogP contribution is -2.23. The minimum atomic E-state index is -0.962. The molecule has 5 rings (SSSR count). The molecule has 39 heavy (non-hydrogen) atoms. The summed E-state index contributed by atoms with van der Waals surface area (Å²) >= 11 is 0. The number of nitrogens with zero attached hydrogens (tertiary/aromatic N) is 1. The molecule has 0 aliphatic heterocycles. The Labute approximate surface area is 228 Å². The molecule has 0 spiro atoms. The molecule has 0 bridgehead atoms. The largest absolute Gasteiger partial charge is 0.488 e. The molecule has 0 radical (unpaired) electrons. The zero-order valence-electron chi connectivity index (χ0n) is 22.5. The Morgan fingerprint density at radius 1 is 0.872 bits per heavy atom. The minimum absolute atomic E-state index is 0.0389. The summed E-state index contributed by atoms with van der Waals surface area (Å²) in [5.74, 6) is -0.211. The molecule has 5 heteroatoms. The summed E-state index contributed by atoms with van der Waals surface area (Å²) < 4.78 is 8.73. The molecule has 5 nitrogen and oxygen atoms in total. The molecule has 0 fully saturated rings. The van der Waals surface area contributed by atoms with E-state index in [2.05, 4.69) is 55.7 Å². The maximum Gasteiger partial charge on any atom is 0.335 e. The second-order valence-corrected chi connectivity index (χ2v) is 10.6. The average Bonchev–Trinajstić information content (AvgIpc) is 3.30. The SMILES string of the molecule is Cc1ccc(-n2c(C(C)(C)CCO)c(-c3ccc(C(=O)O)cc3)c3c(OCc4ccccc4)cccc32)cc1. The Kier molecular flexibility index (Phi) is 7.27. The number of aromatic carboxylic acids is 1. The highest BCUT2D eigenvalue weighted by Crippen LogP contribution is 2.47. The molecule has 1 heterocycles. The van der Waals surface area contributed by atoms with E-state index in [9.17, 15) is 15.0 Å². The smallest absolute Gasteiger partial charge is 0.335 e. The number of aryl methyl sites for hydroxylation is 1. The van der Waals surface area contributed by atoms with Crippen molar-refractivity contribution in [3.05, 3.63) is 119 Å². The molecule has 2 N–H and O–H groups in total. The van der Waals surface area contributed by atoms with Gasteiger partial charge in [-0.2, -0.15) is 0 Å². The highest BCUT2D eigenvalue weighted by atomic mass is 16.5. The average molecular weight is 520 g/mol. The van der Waals surface area contributed by atoms with Crippen molar-refractivity contribution in [2.24, 2.45) is 0 Å². The summed E-state index contributed by atoms with van der Waals surface area (Å²) in [6, 6.07) is 31.6. The van der Waals surface area contributed by atoms with Crippen molar-refractivity contribution in [2.45, 2.75) is 39.2 Å². The summed E-state index contributed by atoms with van der Waals surface area (Å²) in [5.41, 5.74) is 6.96. The van der Waals surface area contributed by atoms with Crippen molar-refractivity contribution in [1.29, 1.82) is 0 Å². The van der Waals surface area contributed by atoms with Gasteiger partial charge in [-0.1, -0.05) is 80.1 Å². The van der Waals surface area contributed by atoms with E-state index in [1.807, 2.05) is 54.6 Å². The first kappa shape index (κ1) is 26.3. The first-order valence-corrected chi connectivity index (χ1v) is 13.2. The van der Waals surface area contributed by atoms with E-state index in [-0.39, 0.29) is 12.2 Å². The summed E-state index contributed by atoms with van der Waals surface area (Å²) in [4.78, 5) is 11.6. The lowest BCUT2D eigenvalue weighted by Gasteiger charge is -2.28. The van der Waals surface area contributed by atoms with E-state index in [1.165, 1.54) is 5.56 Å². The fourth-order valence-corrected chi connectivity index (χ4v) is 5.22. The number of fused-ring (bicyclic) bond motifs is 1. The normalized spacial score (nSPS) is 11.6. The Hall–Kier alpha value is -4.35. The fourth-order valence-electron chi connectivity index (χ4n) is 5.22. The summed E-state index contributed by atoms with van der Waals surface area (Å²) in [6.45, 7) is 6.81. The molecule has 0 amide bonds.